The zero-order valence-corrected chi connectivity index (χ0v) is 10.9. The highest BCUT2D eigenvalue weighted by molar-refractivity contribution is 5.68. The fourth-order valence-corrected chi connectivity index (χ4v) is 1.81. The van der Waals surface area contributed by atoms with Gasteiger partial charge in [-0.15, -0.1) is 13.2 Å². The molecule has 0 saturated heterocycles. The number of ether oxygens (including phenoxy) is 2. The Morgan fingerprint density at radius 2 is 1.76 bits per heavy atom. The summed E-state index contributed by atoms with van der Waals surface area (Å²) in [5.74, 6) is 0.0560. The molecule has 0 radical (unpaired) electrons. The molecule has 108 valence electrons. The molecule has 0 fully saturated rings. The van der Waals surface area contributed by atoms with Crippen LogP contribution in [-0.2, 0) is 0 Å². The van der Waals surface area contributed by atoms with Gasteiger partial charge in [-0.3, -0.25) is 0 Å². The first-order valence-electron chi connectivity index (χ1n) is 5.87. The Balaban J connectivity index is 2.46. The molecule has 0 aliphatic rings. The Kier molecular flexibility index (Phi) is 4.03. The van der Waals surface area contributed by atoms with Crippen molar-refractivity contribution in [2.24, 2.45) is 0 Å². The number of hydrogen-bond acceptors (Lipinski definition) is 3. The van der Waals surface area contributed by atoms with Crippen LogP contribution in [0.25, 0.3) is 11.1 Å². The van der Waals surface area contributed by atoms with Crippen molar-refractivity contribution < 1.29 is 22.6 Å². The van der Waals surface area contributed by atoms with Gasteiger partial charge in [0.15, 0.2) is 0 Å². The van der Waals surface area contributed by atoms with Crippen molar-refractivity contribution in [3.63, 3.8) is 0 Å². The lowest BCUT2D eigenvalue weighted by atomic mass is 10.0. The van der Waals surface area contributed by atoms with Crippen molar-refractivity contribution in [1.29, 1.82) is 5.26 Å². The van der Waals surface area contributed by atoms with Crippen molar-refractivity contribution in [2.45, 2.75) is 6.36 Å². The van der Waals surface area contributed by atoms with Crippen LogP contribution < -0.4 is 9.47 Å². The molecule has 0 aliphatic heterocycles. The van der Waals surface area contributed by atoms with E-state index in [2.05, 4.69) is 4.74 Å². The van der Waals surface area contributed by atoms with Gasteiger partial charge in [0.25, 0.3) is 0 Å². The summed E-state index contributed by atoms with van der Waals surface area (Å²) in [5, 5.41) is 8.84. The van der Waals surface area contributed by atoms with Gasteiger partial charge in [-0.05, 0) is 35.4 Å². The molecule has 0 bridgehead atoms. The third kappa shape index (κ3) is 3.66. The molecule has 3 nitrogen and oxygen atoms in total. The quantitative estimate of drug-likeness (QED) is 0.854. The van der Waals surface area contributed by atoms with Crippen molar-refractivity contribution in [3.8, 4) is 28.7 Å². The maximum absolute atomic E-state index is 12.4. The molecule has 0 aromatic heterocycles. The molecule has 0 saturated carbocycles. The van der Waals surface area contributed by atoms with Gasteiger partial charge in [0.2, 0.25) is 0 Å². The Morgan fingerprint density at radius 3 is 2.38 bits per heavy atom. The summed E-state index contributed by atoms with van der Waals surface area (Å²) < 4.78 is 46.0. The van der Waals surface area contributed by atoms with Crippen LogP contribution in [0.15, 0.2) is 42.5 Å². The molecule has 6 heteroatoms. The lowest BCUT2D eigenvalue weighted by Gasteiger charge is -2.12. The summed E-state index contributed by atoms with van der Waals surface area (Å²) in [6.45, 7) is 0. The Bertz CT molecular complexity index is 690. The molecule has 0 amide bonds. The zero-order chi connectivity index (χ0) is 15.5. The predicted molar refractivity (Wildman–Crippen MR) is 69.8 cm³/mol. The zero-order valence-electron chi connectivity index (χ0n) is 10.9. The van der Waals surface area contributed by atoms with Crippen LogP contribution in [0.4, 0.5) is 13.2 Å². The van der Waals surface area contributed by atoms with Gasteiger partial charge >= 0.3 is 6.36 Å². The normalized spacial score (nSPS) is 10.8. The van der Waals surface area contributed by atoms with Crippen LogP contribution in [0.2, 0.25) is 0 Å². The fraction of sp³-hybridized carbons (Fsp3) is 0.133. The van der Waals surface area contributed by atoms with E-state index >= 15 is 0 Å². The van der Waals surface area contributed by atoms with E-state index in [4.69, 9.17) is 10.00 Å². The molecule has 2 rings (SSSR count). The number of nitrogens with zero attached hydrogens (tertiary/aromatic N) is 1. The summed E-state index contributed by atoms with van der Waals surface area (Å²) >= 11 is 0. The minimum absolute atomic E-state index is 0.182. The van der Waals surface area contributed by atoms with Crippen molar-refractivity contribution in [3.05, 3.63) is 48.0 Å². The SMILES string of the molecule is COc1cccc(-c2ccc(C#N)c(OC(F)(F)F)c2)c1. The van der Waals surface area contributed by atoms with E-state index < -0.39 is 12.1 Å². The van der Waals surface area contributed by atoms with E-state index in [1.165, 1.54) is 19.2 Å². The van der Waals surface area contributed by atoms with Gasteiger partial charge in [-0.2, -0.15) is 5.26 Å². The third-order valence-electron chi connectivity index (χ3n) is 2.73. The number of methoxy groups -OCH3 is 1. The molecular formula is C15H10F3NO2. The highest BCUT2D eigenvalue weighted by Gasteiger charge is 2.32. The van der Waals surface area contributed by atoms with Crippen LogP contribution in [-0.4, -0.2) is 13.5 Å². The average molecular weight is 293 g/mol. The first kappa shape index (κ1) is 14.7. The van der Waals surface area contributed by atoms with E-state index in [-0.39, 0.29) is 5.56 Å². The topological polar surface area (TPSA) is 42.2 Å². The summed E-state index contributed by atoms with van der Waals surface area (Å²) in [6, 6.07) is 12.5. The smallest absolute Gasteiger partial charge is 0.497 e. The van der Waals surface area contributed by atoms with Gasteiger partial charge < -0.3 is 9.47 Å². The molecule has 0 spiro atoms. The number of hydrogen-bond donors (Lipinski definition) is 0. The second-order valence-corrected chi connectivity index (χ2v) is 4.10. The maximum atomic E-state index is 12.4. The second kappa shape index (κ2) is 5.75. The second-order valence-electron chi connectivity index (χ2n) is 4.10. The fourth-order valence-electron chi connectivity index (χ4n) is 1.81. The third-order valence-corrected chi connectivity index (χ3v) is 2.73. The highest BCUT2D eigenvalue weighted by atomic mass is 19.4. The van der Waals surface area contributed by atoms with E-state index in [1.54, 1.807) is 36.4 Å². The summed E-state index contributed by atoms with van der Waals surface area (Å²) in [5.41, 5.74) is 0.969. The summed E-state index contributed by atoms with van der Waals surface area (Å²) in [4.78, 5) is 0. The van der Waals surface area contributed by atoms with Crippen LogP contribution >= 0.6 is 0 Å². The van der Waals surface area contributed by atoms with Gasteiger partial charge in [-0.25, -0.2) is 0 Å². The minimum atomic E-state index is -4.85. The first-order valence-corrected chi connectivity index (χ1v) is 5.87. The summed E-state index contributed by atoms with van der Waals surface area (Å²) in [6.07, 6.45) is -4.85. The molecule has 0 N–H and O–H groups in total. The Morgan fingerprint density at radius 1 is 1.05 bits per heavy atom. The monoisotopic (exact) mass is 293 g/mol. The Labute approximate surface area is 119 Å². The van der Waals surface area contributed by atoms with Crippen molar-refractivity contribution >= 4 is 0 Å². The average Bonchev–Trinajstić information content (AvgIpc) is 2.45. The van der Waals surface area contributed by atoms with Gasteiger partial charge in [0, 0.05) is 0 Å². The number of nitriles is 1. The van der Waals surface area contributed by atoms with E-state index in [0.717, 1.165) is 0 Å². The van der Waals surface area contributed by atoms with Gasteiger partial charge in [0.05, 0.1) is 12.7 Å². The number of rotatable bonds is 3. The first-order chi connectivity index (χ1) is 9.93. The molecule has 2 aromatic carbocycles. The lowest BCUT2D eigenvalue weighted by Crippen LogP contribution is -2.17. The van der Waals surface area contributed by atoms with Crippen LogP contribution in [0.1, 0.15) is 5.56 Å². The minimum Gasteiger partial charge on any atom is -0.497 e. The molecule has 2 aromatic rings. The summed E-state index contributed by atoms with van der Waals surface area (Å²) in [7, 11) is 1.50. The maximum Gasteiger partial charge on any atom is 0.573 e. The molecule has 0 unspecified atom stereocenters. The van der Waals surface area contributed by atoms with Gasteiger partial charge in [-0.1, -0.05) is 18.2 Å². The standard InChI is InChI=1S/C15H10F3NO2/c1-20-13-4-2-3-10(7-13)11-5-6-12(9-19)14(8-11)21-15(16,17)18/h2-8H,1H3. The molecular weight excluding hydrogens is 283 g/mol. The van der Waals surface area contributed by atoms with E-state index in [0.29, 0.717) is 16.9 Å². The molecule has 0 heterocycles. The number of halogens is 3. The van der Waals surface area contributed by atoms with Crippen LogP contribution in [0.3, 0.4) is 0 Å². The molecule has 0 atom stereocenters. The largest absolute Gasteiger partial charge is 0.573 e. The van der Waals surface area contributed by atoms with E-state index in [9.17, 15) is 13.2 Å². The van der Waals surface area contributed by atoms with Crippen LogP contribution in [0, 0.1) is 11.3 Å². The van der Waals surface area contributed by atoms with Gasteiger partial charge in [0.1, 0.15) is 17.6 Å². The Hall–Kier alpha value is -2.68. The van der Waals surface area contributed by atoms with E-state index in [1.807, 2.05) is 0 Å². The highest BCUT2D eigenvalue weighted by Crippen LogP contribution is 2.32. The van der Waals surface area contributed by atoms with Crippen LogP contribution in [0.5, 0.6) is 11.5 Å². The number of benzene rings is 2. The molecule has 21 heavy (non-hydrogen) atoms. The predicted octanol–water partition coefficient (Wildman–Crippen LogP) is 4.13. The van der Waals surface area contributed by atoms with Crippen molar-refractivity contribution in [2.75, 3.05) is 7.11 Å². The number of alkyl halides is 3. The lowest BCUT2D eigenvalue weighted by molar-refractivity contribution is -0.274. The van der Waals surface area contributed by atoms with Crippen molar-refractivity contribution in [1.82, 2.24) is 0 Å². The molecule has 0 aliphatic carbocycles.